The third kappa shape index (κ3) is 3.94. The van der Waals surface area contributed by atoms with E-state index in [4.69, 9.17) is 4.74 Å². The number of nitrogens with one attached hydrogen (secondary N) is 1. The van der Waals surface area contributed by atoms with Crippen molar-refractivity contribution in [2.45, 2.75) is 45.6 Å². The van der Waals surface area contributed by atoms with Gasteiger partial charge in [-0.1, -0.05) is 26.7 Å². The Morgan fingerprint density at radius 1 is 1.24 bits per heavy atom. The second kappa shape index (κ2) is 6.17. The van der Waals surface area contributed by atoms with Gasteiger partial charge in [-0.05, 0) is 18.3 Å². The van der Waals surface area contributed by atoms with Crippen LogP contribution in [0.4, 0.5) is 0 Å². The van der Waals surface area contributed by atoms with E-state index in [1.807, 2.05) is 0 Å². The summed E-state index contributed by atoms with van der Waals surface area (Å²) in [4.78, 5) is 2.51. The number of hydrogen-bond donors (Lipinski definition) is 1. The fourth-order valence-corrected chi connectivity index (χ4v) is 3.09. The van der Waals surface area contributed by atoms with E-state index in [-0.39, 0.29) is 0 Å². The predicted molar refractivity (Wildman–Crippen MR) is 71.3 cm³/mol. The first-order chi connectivity index (χ1) is 8.18. The molecule has 1 aliphatic heterocycles. The van der Waals surface area contributed by atoms with Crippen molar-refractivity contribution in [3.05, 3.63) is 0 Å². The maximum atomic E-state index is 5.37. The maximum Gasteiger partial charge on any atom is 0.0594 e. The first kappa shape index (κ1) is 13.3. The smallest absolute Gasteiger partial charge is 0.0594 e. The van der Waals surface area contributed by atoms with Crippen LogP contribution >= 0.6 is 0 Å². The highest BCUT2D eigenvalue weighted by atomic mass is 16.5. The molecule has 1 saturated heterocycles. The van der Waals surface area contributed by atoms with Gasteiger partial charge in [-0.2, -0.15) is 0 Å². The molecule has 1 unspecified atom stereocenters. The number of morpholine rings is 1. The summed E-state index contributed by atoms with van der Waals surface area (Å²) in [7, 11) is 0. The largest absolute Gasteiger partial charge is 0.379 e. The van der Waals surface area contributed by atoms with Gasteiger partial charge in [0.05, 0.1) is 13.2 Å². The van der Waals surface area contributed by atoms with Crippen LogP contribution in [0.2, 0.25) is 0 Å². The van der Waals surface area contributed by atoms with Crippen LogP contribution in [0.15, 0.2) is 0 Å². The first-order valence-corrected chi connectivity index (χ1v) is 7.22. The van der Waals surface area contributed by atoms with Crippen molar-refractivity contribution in [3.8, 4) is 0 Å². The molecule has 1 saturated carbocycles. The van der Waals surface area contributed by atoms with E-state index in [9.17, 15) is 0 Å². The molecule has 3 nitrogen and oxygen atoms in total. The minimum Gasteiger partial charge on any atom is -0.379 e. The lowest BCUT2D eigenvalue weighted by atomic mass is 9.73. The Balaban J connectivity index is 1.66. The Morgan fingerprint density at radius 2 is 2.00 bits per heavy atom. The molecule has 2 rings (SSSR count). The zero-order valence-electron chi connectivity index (χ0n) is 11.5. The standard InChI is InChI=1S/C14H28N2O/c1-14(2)6-4-3-5-13(14)15-7-8-16-9-11-17-12-10-16/h13,15H,3-12H2,1-2H3. The summed E-state index contributed by atoms with van der Waals surface area (Å²) in [6.45, 7) is 11.2. The van der Waals surface area contributed by atoms with Gasteiger partial charge < -0.3 is 10.1 Å². The lowest BCUT2D eigenvalue weighted by Gasteiger charge is -2.39. The fourth-order valence-electron chi connectivity index (χ4n) is 3.09. The van der Waals surface area contributed by atoms with Gasteiger partial charge in [0.1, 0.15) is 0 Å². The van der Waals surface area contributed by atoms with Gasteiger partial charge in [-0.25, -0.2) is 0 Å². The minimum atomic E-state index is 0.489. The molecule has 0 aromatic rings. The van der Waals surface area contributed by atoms with Crippen molar-refractivity contribution < 1.29 is 4.74 Å². The van der Waals surface area contributed by atoms with Crippen molar-refractivity contribution >= 4 is 0 Å². The van der Waals surface area contributed by atoms with Gasteiger partial charge in [0.25, 0.3) is 0 Å². The van der Waals surface area contributed by atoms with E-state index in [1.54, 1.807) is 0 Å². The molecule has 17 heavy (non-hydrogen) atoms. The summed E-state index contributed by atoms with van der Waals surface area (Å²) in [5, 5.41) is 3.78. The average Bonchev–Trinajstić information content (AvgIpc) is 2.32. The van der Waals surface area contributed by atoms with E-state index in [0.717, 1.165) is 38.9 Å². The predicted octanol–water partition coefficient (Wildman–Crippen LogP) is 1.88. The van der Waals surface area contributed by atoms with Gasteiger partial charge in [0.2, 0.25) is 0 Å². The molecule has 1 N–H and O–H groups in total. The third-order valence-electron chi connectivity index (χ3n) is 4.43. The van der Waals surface area contributed by atoms with Crippen molar-refractivity contribution in [1.29, 1.82) is 0 Å². The fraction of sp³-hybridized carbons (Fsp3) is 1.00. The van der Waals surface area contributed by atoms with Crippen molar-refractivity contribution in [2.24, 2.45) is 5.41 Å². The van der Waals surface area contributed by atoms with Gasteiger partial charge in [-0.3, -0.25) is 4.90 Å². The second-order valence-electron chi connectivity index (χ2n) is 6.20. The molecule has 0 aromatic heterocycles. The van der Waals surface area contributed by atoms with Crippen LogP contribution in [0.25, 0.3) is 0 Å². The average molecular weight is 240 g/mol. The molecule has 1 atom stereocenters. The van der Waals surface area contributed by atoms with E-state index in [1.165, 1.54) is 32.2 Å². The highest BCUT2D eigenvalue weighted by molar-refractivity contribution is 4.87. The molecule has 2 aliphatic rings. The lowest BCUT2D eigenvalue weighted by Crippen LogP contribution is -2.47. The van der Waals surface area contributed by atoms with Crippen molar-refractivity contribution in [1.82, 2.24) is 10.2 Å². The Labute approximate surface area is 106 Å². The van der Waals surface area contributed by atoms with E-state index in [0.29, 0.717) is 5.41 Å². The highest BCUT2D eigenvalue weighted by Gasteiger charge is 2.31. The zero-order valence-corrected chi connectivity index (χ0v) is 11.5. The minimum absolute atomic E-state index is 0.489. The van der Waals surface area contributed by atoms with Gasteiger partial charge >= 0.3 is 0 Å². The van der Waals surface area contributed by atoms with E-state index in [2.05, 4.69) is 24.1 Å². The summed E-state index contributed by atoms with van der Waals surface area (Å²) in [5.74, 6) is 0. The Morgan fingerprint density at radius 3 is 2.71 bits per heavy atom. The SMILES string of the molecule is CC1(C)CCCCC1NCCN1CCOCC1. The topological polar surface area (TPSA) is 24.5 Å². The molecule has 3 heteroatoms. The summed E-state index contributed by atoms with van der Waals surface area (Å²) < 4.78 is 5.37. The first-order valence-electron chi connectivity index (χ1n) is 7.22. The Kier molecular flexibility index (Phi) is 4.83. The molecule has 0 bridgehead atoms. The third-order valence-corrected chi connectivity index (χ3v) is 4.43. The van der Waals surface area contributed by atoms with Crippen molar-refractivity contribution in [2.75, 3.05) is 39.4 Å². The van der Waals surface area contributed by atoms with Crippen LogP contribution in [0.3, 0.4) is 0 Å². The van der Waals surface area contributed by atoms with Gasteiger partial charge in [0.15, 0.2) is 0 Å². The normalized spacial score (nSPS) is 30.4. The molecule has 0 spiro atoms. The Hall–Kier alpha value is -0.120. The summed E-state index contributed by atoms with van der Waals surface area (Å²) >= 11 is 0. The van der Waals surface area contributed by atoms with Crippen LogP contribution in [0.1, 0.15) is 39.5 Å². The van der Waals surface area contributed by atoms with Crippen LogP contribution in [0.5, 0.6) is 0 Å². The molecule has 1 aliphatic carbocycles. The van der Waals surface area contributed by atoms with Crippen LogP contribution in [-0.2, 0) is 4.74 Å². The molecule has 1 heterocycles. The lowest BCUT2D eigenvalue weighted by molar-refractivity contribution is 0.0369. The van der Waals surface area contributed by atoms with E-state index >= 15 is 0 Å². The molecule has 0 radical (unpaired) electrons. The summed E-state index contributed by atoms with van der Waals surface area (Å²) in [5.41, 5.74) is 0.489. The maximum absolute atomic E-state index is 5.37. The number of rotatable bonds is 4. The molecule has 100 valence electrons. The molecule has 0 aromatic carbocycles. The molecule has 2 fully saturated rings. The molecular formula is C14H28N2O. The highest BCUT2D eigenvalue weighted by Crippen LogP contribution is 2.35. The monoisotopic (exact) mass is 240 g/mol. The van der Waals surface area contributed by atoms with Crippen LogP contribution in [0, 0.1) is 5.41 Å². The van der Waals surface area contributed by atoms with E-state index < -0.39 is 0 Å². The zero-order chi connectivity index (χ0) is 12.1. The quantitative estimate of drug-likeness (QED) is 0.812. The number of hydrogen-bond acceptors (Lipinski definition) is 3. The second-order valence-corrected chi connectivity index (χ2v) is 6.20. The van der Waals surface area contributed by atoms with Crippen LogP contribution < -0.4 is 5.32 Å². The van der Waals surface area contributed by atoms with Crippen LogP contribution in [-0.4, -0.2) is 50.3 Å². The number of nitrogens with zero attached hydrogens (tertiary/aromatic N) is 1. The molecule has 0 amide bonds. The van der Waals surface area contributed by atoms with Crippen molar-refractivity contribution in [3.63, 3.8) is 0 Å². The van der Waals surface area contributed by atoms with Gasteiger partial charge in [0, 0.05) is 32.2 Å². The molecular weight excluding hydrogens is 212 g/mol. The summed E-state index contributed by atoms with van der Waals surface area (Å²) in [6, 6.07) is 0.720. The number of ether oxygens (including phenoxy) is 1. The van der Waals surface area contributed by atoms with Gasteiger partial charge in [-0.15, -0.1) is 0 Å². The Bertz CT molecular complexity index is 224. The summed E-state index contributed by atoms with van der Waals surface area (Å²) in [6.07, 6.45) is 5.55.